The summed E-state index contributed by atoms with van der Waals surface area (Å²) in [7, 11) is 0. The van der Waals surface area contributed by atoms with Crippen LogP contribution in [0, 0.1) is 0 Å². The molecule has 1 aliphatic carbocycles. The summed E-state index contributed by atoms with van der Waals surface area (Å²) in [5, 5.41) is 8.13. The van der Waals surface area contributed by atoms with Gasteiger partial charge in [-0.15, -0.1) is 0 Å². The van der Waals surface area contributed by atoms with E-state index in [1.807, 2.05) is 0 Å². The Labute approximate surface area is 52.6 Å². The molecule has 4 nitrogen and oxygen atoms in total. The summed E-state index contributed by atoms with van der Waals surface area (Å²) < 4.78 is 4.26. The maximum atomic E-state index is 10.6. The van der Waals surface area contributed by atoms with E-state index in [9.17, 15) is 4.79 Å². The Morgan fingerprint density at radius 1 is 1.78 bits per heavy atom. The number of aliphatic hydroxyl groups is 1. The Balaban J connectivity index is 2.34. The third-order valence-corrected chi connectivity index (χ3v) is 1.39. The van der Waals surface area contributed by atoms with Crippen molar-refractivity contribution in [1.29, 1.82) is 0 Å². The van der Waals surface area contributed by atoms with Gasteiger partial charge in [0.25, 0.3) is 0 Å². The highest BCUT2D eigenvalue weighted by atomic mass is 16.6. The maximum Gasteiger partial charge on any atom is 0.328 e. The van der Waals surface area contributed by atoms with Crippen LogP contribution in [0.2, 0.25) is 0 Å². The summed E-state index contributed by atoms with van der Waals surface area (Å²) in [4.78, 5) is 10.6. The van der Waals surface area contributed by atoms with E-state index in [0.29, 0.717) is 12.8 Å². The number of rotatable bonds is 2. The second-order valence-electron chi connectivity index (χ2n) is 2.22. The first kappa shape index (κ1) is 6.51. The van der Waals surface area contributed by atoms with Gasteiger partial charge in [0, 0.05) is 0 Å². The van der Waals surface area contributed by atoms with Crippen LogP contribution < -0.4 is 5.73 Å². The van der Waals surface area contributed by atoms with Crippen molar-refractivity contribution in [2.45, 2.75) is 18.4 Å². The molecule has 1 saturated carbocycles. The molecule has 0 spiro atoms. The van der Waals surface area contributed by atoms with Gasteiger partial charge < -0.3 is 15.6 Å². The molecular formula is C5H9NO3. The lowest BCUT2D eigenvalue weighted by atomic mass is 10.3. The van der Waals surface area contributed by atoms with Crippen molar-refractivity contribution in [3.05, 3.63) is 0 Å². The molecule has 0 heterocycles. The van der Waals surface area contributed by atoms with Gasteiger partial charge in [-0.05, 0) is 12.8 Å². The fourth-order valence-electron chi connectivity index (χ4n) is 0.541. The van der Waals surface area contributed by atoms with Gasteiger partial charge in [-0.2, -0.15) is 0 Å². The van der Waals surface area contributed by atoms with Crippen LogP contribution in [-0.4, -0.2) is 23.4 Å². The second kappa shape index (κ2) is 1.97. The zero-order chi connectivity index (χ0) is 6.91. The molecule has 3 N–H and O–H groups in total. The van der Waals surface area contributed by atoms with Crippen LogP contribution in [0.25, 0.3) is 0 Å². The first-order chi connectivity index (χ1) is 4.19. The van der Waals surface area contributed by atoms with E-state index < -0.39 is 18.3 Å². The molecule has 0 aromatic rings. The van der Waals surface area contributed by atoms with Crippen molar-refractivity contribution in [3.63, 3.8) is 0 Å². The number of hydrogen-bond acceptors (Lipinski definition) is 4. The number of ether oxygens (including phenoxy) is 1. The fraction of sp³-hybridized carbons (Fsp3) is 0.800. The number of carbonyl (C=O) groups is 1. The van der Waals surface area contributed by atoms with Crippen LogP contribution in [0.1, 0.15) is 12.8 Å². The molecule has 0 amide bonds. The van der Waals surface area contributed by atoms with Gasteiger partial charge in [0.15, 0.2) is 6.79 Å². The summed E-state index contributed by atoms with van der Waals surface area (Å²) in [5.74, 6) is -0.495. The van der Waals surface area contributed by atoms with E-state index in [2.05, 4.69) is 4.74 Å². The van der Waals surface area contributed by atoms with Crippen molar-refractivity contribution in [1.82, 2.24) is 0 Å². The topological polar surface area (TPSA) is 72.6 Å². The maximum absolute atomic E-state index is 10.6. The third kappa shape index (κ3) is 1.20. The van der Waals surface area contributed by atoms with E-state index in [-0.39, 0.29) is 0 Å². The Bertz CT molecular complexity index is 130. The lowest BCUT2D eigenvalue weighted by Gasteiger charge is -2.04. The Morgan fingerprint density at radius 3 is 2.67 bits per heavy atom. The highest BCUT2D eigenvalue weighted by Crippen LogP contribution is 2.33. The number of hydrogen-bond donors (Lipinski definition) is 2. The Hall–Kier alpha value is -0.610. The zero-order valence-corrected chi connectivity index (χ0v) is 4.96. The SMILES string of the molecule is NC1(C(=O)OCO)CC1. The molecule has 52 valence electrons. The van der Waals surface area contributed by atoms with E-state index >= 15 is 0 Å². The zero-order valence-electron chi connectivity index (χ0n) is 4.96. The van der Waals surface area contributed by atoms with Gasteiger partial charge in [0.05, 0.1) is 0 Å². The van der Waals surface area contributed by atoms with E-state index in [0.717, 1.165) is 0 Å². The van der Waals surface area contributed by atoms with Gasteiger partial charge in [-0.3, -0.25) is 0 Å². The van der Waals surface area contributed by atoms with Crippen molar-refractivity contribution in [2.24, 2.45) is 5.73 Å². The van der Waals surface area contributed by atoms with Gasteiger partial charge >= 0.3 is 5.97 Å². The summed E-state index contributed by atoms with van der Waals surface area (Å²) in [6.45, 7) is -0.572. The largest absolute Gasteiger partial charge is 0.437 e. The minimum atomic E-state index is -0.761. The first-order valence-corrected chi connectivity index (χ1v) is 2.76. The molecule has 0 aliphatic heterocycles. The lowest BCUT2D eigenvalue weighted by Crippen LogP contribution is -2.34. The monoisotopic (exact) mass is 131 g/mol. The van der Waals surface area contributed by atoms with Gasteiger partial charge in [0.2, 0.25) is 0 Å². The average Bonchev–Trinajstić information content (AvgIpc) is 2.50. The summed E-state index contributed by atoms with van der Waals surface area (Å²) >= 11 is 0. The quantitative estimate of drug-likeness (QED) is 0.371. The minimum absolute atomic E-state index is 0.495. The lowest BCUT2D eigenvalue weighted by molar-refractivity contribution is -0.154. The molecular weight excluding hydrogens is 122 g/mol. The van der Waals surface area contributed by atoms with Crippen LogP contribution in [-0.2, 0) is 9.53 Å². The van der Waals surface area contributed by atoms with E-state index in [4.69, 9.17) is 10.8 Å². The van der Waals surface area contributed by atoms with E-state index in [1.54, 1.807) is 0 Å². The average molecular weight is 131 g/mol. The normalized spacial score (nSPS) is 21.1. The molecule has 4 heteroatoms. The minimum Gasteiger partial charge on any atom is -0.437 e. The number of aliphatic hydroxyl groups excluding tert-OH is 1. The number of nitrogens with two attached hydrogens (primary N) is 1. The van der Waals surface area contributed by atoms with Gasteiger partial charge in [-0.1, -0.05) is 0 Å². The molecule has 0 aromatic heterocycles. The smallest absolute Gasteiger partial charge is 0.328 e. The summed E-state index contributed by atoms with van der Waals surface area (Å²) in [5.41, 5.74) is 4.63. The van der Waals surface area contributed by atoms with E-state index in [1.165, 1.54) is 0 Å². The molecule has 0 bridgehead atoms. The van der Waals surface area contributed by atoms with Crippen LogP contribution in [0.15, 0.2) is 0 Å². The summed E-state index contributed by atoms with van der Waals surface area (Å²) in [6, 6.07) is 0. The van der Waals surface area contributed by atoms with Crippen LogP contribution >= 0.6 is 0 Å². The van der Waals surface area contributed by atoms with Crippen LogP contribution in [0.5, 0.6) is 0 Å². The molecule has 0 unspecified atom stereocenters. The first-order valence-electron chi connectivity index (χ1n) is 2.76. The van der Waals surface area contributed by atoms with Crippen molar-refractivity contribution in [2.75, 3.05) is 6.79 Å². The van der Waals surface area contributed by atoms with Crippen LogP contribution in [0.3, 0.4) is 0 Å². The molecule has 0 radical (unpaired) electrons. The molecule has 0 aromatic carbocycles. The highest BCUT2D eigenvalue weighted by Gasteiger charge is 2.47. The molecule has 1 fully saturated rings. The predicted molar refractivity (Wildman–Crippen MR) is 29.3 cm³/mol. The van der Waals surface area contributed by atoms with Gasteiger partial charge in [-0.25, -0.2) is 4.79 Å². The van der Waals surface area contributed by atoms with Crippen molar-refractivity contribution < 1.29 is 14.6 Å². The van der Waals surface area contributed by atoms with Gasteiger partial charge in [0.1, 0.15) is 5.54 Å². The van der Waals surface area contributed by atoms with Crippen molar-refractivity contribution in [3.8, 4) is 0 Å². The Morgan fingerprint density at radius 2 is 2.33 bits per heavy atom. The molecule has 1 aliphatic rings. The number of esters is 1. The third-order valence-electron chi connectivity index (χ3n) is 1.39. The standard InChI is InChI=1S/C5H9NO3/c6-5(1-2-5)4(8)9-3-7/h7H,1-3,6H2. The van der Waals surface area contributed by atoms with Crippen LogP contribution in [0.4, 0.5) is 0 Å². The predicted octanol–water partition coefficient (Wildman–Crippen LogP) is -1.03. The second-order valence-corrected chi connectivity index (χ2v) is 2.22. The molecule has 9 heavy (non-hydrogen) atoms. The highest BCUT2D eigenvalue weighted by molar-refractivity contribution is 5.83. The fourth-order valence-corrected chi connectivity index (χ4v) is 0.541. The number of carbonyl (C=O) groups excluding carboxylic acids is 1. The summed E-state index contributed by atoms with van der Waals surface area (Å²) in [6.07, 6.45) is 1.34. The Kier molecular flexibility index (Phi) is 1.42. The molecule has 0 saturated heterocycles. The van der Waals surface area contributed by atoms with Crippen molar-refractivity contribution >= 4 is 5.97 Å². The molecule has 1 rings (SSSR count). The molecule has 0 atom stereocenters.